The predicted octanol–water partition coefficient (Wildman–Crippen LogP) is 1.86. The second-order valence-corrected chi connectivity index (χ2v) is 2.21. The molecule has 0 fully saturated rings. The lowest BCUT2D eigenvalue weighted by atomic mass is 10.2. The van der Waals surface area contributed by atoms with Crippen molar-refractivity contribution in [3.63, 3.8) is 0 Å². The van der Waals surface area contributed by atoms with E-state index in [0.29, 0.717) is 0 Å². The number of benzene rings is 1. The number of rotatable bonds is 1. The molecule has 0 saturated heterocycles. The van der Waals surface area contributed by atoms with E-state index in [4.69, 9.17) is 5.11 Å². The van der Waals surface area contributed by atoms with Crippen LogP contribution in [-0.2, 0) is 3.83 Å². The summed E-state index contributed by atoms with van der Waals surface area (Å²) in [6.07, 6.45) is 0. The highest BCUT2D eigenvalue weighted by Gasteiger charge is 2.09. The maximum absolute atomic E-state index is 10.8. The number of aromatic hydroxyl groups is 1. The van der Waals surface area contributed by atoms with Gasteiger partial charge in [0.1, 0.15) is 11.3 Å². The van der Waals surface area contributed by atoms with Crippen molar-refractivity contribution in [2.75, 3.05) is 0 Å². The van der Waals surface area contributed by atoms with Crippen molar-refractivity contribution in [1.82, 2.24) is 0 Å². The van der Waals surface area contributed by atoms with Gasteiger partial charge in [-0.1, -0.05) is 12.1 Å². The monoisotopic (exact) mass is 216 g/mol. The maximum atomic E-state index is 10.8. The van der Waals surface area contributed by atoms with Gasteiger partial charge in [0.25, 0.3) is 0 Å². The molecule has 0 amide bonds. The molecule has 0 unspecified atom stereocenters. The summed E-state index contributed by atoms with van der Waals surface area (Å²) in [6, 6.07) is 6.15. The van der Waals surface area contributed by atoms with E-state index in [2.05, 4.69) is 20.1 Å². The molecule has 1 N–H and O–H groups in total. The summed E-state index contributed by atoms with van der Waals surface area (Å²) in [4.78, 5) is 10.8. The van der Waals surface area contributed by atoms with Gasteiger partial charge in [0.15, 0.2) is 16.3 Å². The second-order valence-electron chi connectivity index (χ2n) is 1.88. The Morgan fingerprint density at radius 3 is 2.64 bits per heavy atom. The molecule has 1 aromatic rings. The second kappa shape index (κ2) is 3.39. The lowest BCUT2D eigenvalue weighted by molar-refractivity contribution is 0.0779. The molecule has 1 rings (SSSR count). The number of hydrogen-bond donors (Lipinski definition) is 1. The van der Waals surface area contributed by atoms with E-state index in [0.717, 1.165) is 0 Å². The predicted molar refractivity (Wildman–Crippen MR) is 42.4 cm³/mol. The topological polar surface area (TPSA) is 46.5 Å². The van der Waals surface area contributed by atoms with Gasteiger partial charge in [-0.2, -0.15) is 0 Å². The van der Waals surface area contributed by atoms with E-state index in [9.17, 15) is 4.79 Å². The summed E-state index contributed by atoms with van der Waals surface area (Å²) in [5.74, 6) is -0.694. The first-order valence-electron chi connectivity index (χ1n) is 2.86. The lowest BCUT2D eigenvalue weighted by Gasteiger charge is -1.98. The van der Waals surface area contributed by atoms with Crippen LogP contribution in [-0.4, -0.2) is 11.1 Å². The van der Waals surface area contributed by atoms with Crippen LogP contribution in [0.5, 0.6) is 5.75 Å². The third-order valence-corrected chi connectivity index (χ3v) is 1.49. The van der Waals surface area contributed by atoms with E-state index in [1.807, 2.05) is 0 Å². The maximum Gasteiger partial charge on any atom is 0.353 e. The summed E-state index contributed by atoms with van der Waals surface area (Å²) in [6.45, 7) is 0. The summed E-state index contributed by atoms with van der Waals surface area (Å²) in [7, 11) is 0. The Labute approximate surface area is 72.1 Å². The summed E-state index contributed by atoms with van der Waals surface area (Å²) in [5.41, 5.74) is 0.143. The van der Waals surface area contributed by atoms with Crippen molar-refractivity contribution in [1.29, 1.82) is 0 Å². The Bertz CT molecular complexity index is 272. The first-order valence-corrected chi connectivity index (χ1v) is 3.51. The van der Waals surface area contributed by atoms with Gasteiger partial charge < -0.3 is 8.93 Å². The molecule has 0 bridgehead atoms. The van der Waals surface area contributed by atoms with Gasteiger partial charge in [-0.15, -0.1) is 0 Å². The fourth-order valence-electron chi connectivity index (χ4n) is 0.688. The minimum absolute atomic E-state index is 0.0862. The number of halogens is 1. The van der Waals surface area contributed by atoms with E-state index >= 15 is 0 Å². The Balaban J connectivity index is 3.03. The molecular formula is C7H5BrO3. The molecule has 11 heavy (non-hydrogen) atoms. The molecular weight excluding hydrogens is 212 g/mol. The summed E-state index contributed by atoms with van der Waals surface area (Å²) in [5, 5.41) is 9.09. The van der Waals surface area contributed by atoms with Crippen LogP contribution in [0.2, 0.25) is 0 Å². The number of carbonyl (C=O) groups is 1. The molecule has 0 spiro atoms. The highest BCUT2D eigenvalue weighted by Crippen LogP contribution is 2.16. The highest BCUT2D eigenvalue weighted by atomic mass is 79.9. The molecule has 0 radical (unpaired) electrons. The number of carbonyl (C=O) groups excluding carboxylic acids is 1. The largest absolute Gasteiger partial charge is 0.507 e. The van der Waals surface area contributed by atoms with Crippen molar-refractivity contribution in [2.24, 2.45) is 0 Å². The zero-order valence-electron chi connectivity index (χ0n) is 5.45. The smallest absolute Gasteiger partial charge is 0.353 e. The number of phenolic OH excluding ortho intramolecular Hbond substituents is 1. The Kier molecular flexibility index (Phi) is 2.48. The third kappa shape index (κ3) is 1.71. The molecule has 0 atom stereocenters. The molecule has 58 valence electrons. The molecule has 3 nitrogen and oxygen atoms in total. The van der Waals surface area contributed by atoms with Crippen molar-refractivity contribution in [3.05, 3.63) is 29.8 Å². The molecule has 1 aromatic carbocycles. The van der Waals surface area contributed by atoms with Gasteiger partial charge in [0.2, 0.25) is 0 Å². The highest BCUT2D eigenvalue weighted by molar-refractivity contribution is 9.06. The van der Waals surface area contributed by atoms with Crippen molar-refractivity contribution < 1.29 is 13.7 Å². The van der Waals surface area contributed by atoms with Crippen LogP contribution in [0.3, 0.4) is 0 Å². The van der Waals surface area contributed by atoms with E-state index in [1.54, 1.807) is 12.1 Å². The van der Waals surface area contributed by atoms with Gasteiger partial charge in [-0.3, -0.25) is 0 Å². The molecule has 0 aliphatic rings. The van der Waals surface area contributed by atoms with Gasteiger partial charge >= 0.3 is 5.97 Å². The average Bonchev–Trinajstić information content (AvgIpc) is 2.04. The van der Waals surface area contributed by atoms with E-state index in [-0.39, 0.29) is 11.3 Å². The standard InChI is InChI=1S/C7H5BrO3/c8-11-7(10)5-3-1-2-4-6(5)9/h1-4,9H. The molecule has 0 saturated carbocycles. The van der Waals surface area contributed by atoms with Crippen LogP contribution in [0.25, 0.3) is 0 Å². The van der Waals surface area contributed by atoms with Gasteiger partial charge in [0, 0.05) is 0 Å². The van der Waals surface area contributed by atoms with Crippen molar-refractivity contribution >= 4 is 22.2 Å². The third-order valence-electron chi connectivity index (χ3n) is 1.19. The summed E-state index contributed by atoms with van der Waals surface area (Å²) >= 11 is 2.52. The number of phenols is 1. The van der Waals surface area contributed by atoms with Crippen LogP contribution in [0, 0.1) is 0 Å². The SMILES string of the molecule is O=C(OBr)c1ccccc1O. The van der Waals surface area contributed by atoms with Crippen LogP contribution in [0.15, 0.2) is 24.3 Å². The molecule has 0 heterocycles. The molecule has 0 aromatic heterocycles. The fraction of sp³-hybridized carbons (Fsp3) is 0. The number of para-hydroxylation sites is 1. The zero-order chi connectivity index (χ0) is 8.27. The zero-order valence-corrected chi connectivity index (χ0v) is 7.04. The normalized spacial score (nSPS) is 9.18. The molecule has 4 heteroatoms. The van der Waals surface area contributed by atoms with E-state index in [1.165, 1.54) is 12.1 Å². The van der Waals surface area contributed by atoms with Gasteiger partial charge in [-0.25, -0.2) is 4.79 Å². The van der Waals surface area contributed by atoms with Crippen molar-refractivity contribution in [2.45, 2.75) is 0 Å². The summed E-state index contributed by atoms with van der Waals surface area (Å²) < 4.78 is 4.23. The fourth-order valence-corrected chi connectivity index (χ4v) is 0.862. The first-order chi connectivity index (χ1) is 5.25. The van der Waals surface area contributed by atoms with Crippen LogP contribution >= 0.6 is 16.3 Å². The lowest BCUT2D eigenvalue weighted by Crippen LogP contribution is -1.97. The molecule has 0 aliphatic carbocycles. The average molecular weight is 217 g/mol. The number of hydrogen-bond acceptors (Lipinski definition) is 3. The van der Waals surface area contributed by atoms with Crippen LogP contribution in [0.1, 0.15) is 10.4 Å². The van der Waals surface area contributed by atoms with Crippen molar-refractivity contribution in [3.8, 4) is 5.75 Å². The minimum Gasteiger partial charge on any atom is -0.507 e. The Hall–Kier alpha value is -1.03. The van der Waals surface area contributed by atoms with Gasteiger partial charge in [0.05, 0.1) is 0 Å². The Morgan fingerprint density at radius 1 is 1.45 bits per heavy atom. The van der Waals surface area contributed by atoms with E-state index < -0.39 is 5.97 Å². The van der Waals surface area contributed by atoms with Crippen LogP contribution in [0.4, 0.5) is 0 Å². The first kappa shape index (κ1) is 8.07. The molecule has 0 aliphatic heterocycles. The quantitative estimate of drug-likeness (QED) is 0.780. The van der Waals surface area contributed by atoms with Crippen LogP contribution < -0.4 is 0 Å². The van der Waals surface area contributed by atoms with Gasteiger partial charge in [-0.05, 0) is 12.1 Å². The Morgan fingerprint density at radius 2 is 2.09 bits per heavy atom. The minimum atomic E-state index is -0.608.